The second-order valence-corrected chi connectivity index (χ2v) is 8.56. The second-order valence-electron chi connectivity index (χ2n) is 8.13. The first-order chi connectivity index (χ1) is 15.5. The maximum Gasteiger partial charge on any atom is 0.236 e. The number of fused-ring (bicyclic) bond motifs is 5. The fourth-order valence-electron chi connectivity index (χ4n) is 5.16. The molecule has 0 bridgehead atoms. The van der Waals surface area contributed by atoms with Gasteiger partial charge in [0.15, 0.2) is 5.78 Å². The number of amides is 2. The van der Waals surface area contributed by atoms with Gasteiger partial charge in [0, 0.05) is 22.8 Å². The van der Waals surface area contributed by atoms with Crippen molar-refractivity contribution < 1.29 is 19.1 Å². The molecule has 2 amide bonds. The lowest BCUT2D eigenvalue weighted by molar-refractivity contribution is -0.139. The van der Waals surface area contributed by atoms with Gasteiger partial charge in [-0.2, -0.15) is 0 Å². The van der Waals surface area contributed by atoms with Crippen molar-refractivity contribution >= 4 is 41.0 Å². The number of methoxy groups -OCH3 is 1. The normalized spacial score (nSPS) is 25.4. The Hall–Kier alpha value is -3.38. The number of hydrogen-bond donors (Lipinski definition) is 0. The number of likely N-dealkylation sites (tertiary alicyclic amines) is 1. The van der Waals surface area contributed by atoms with Gasteiger partial charge in [0.25, 0.3) is 0 Å². The molecule has 2 aromatic rings. The van der Waals surface area contributed by atoms with Gasteiger partial charge in [-0.25, -0.2) is 0 Å². The molecule has 0 N–H and O–H groups in total. The summed E-state index contributed by atoms with van der Waals surface area (Å²) >= 11 is 6.19. The minimum Gasteiger partial charge on any atom is -0.497 e. The van der Waals surface area contributed by atoms with E-state index in [1.807, 2.05) is 29.2 Å². The van der Waals surface area contributed by atoms with E-state index in [1.54, 1.807) is 30.3 Å². The highest BCUT2D eigenvalue weighted by atomic mass is 35.5. The maximum absolute atomic E-state index is 13.9. The van der Waals surface area contributed by atoms with Crippen LogP contribution in [0, 0.1) is 11.8 Å². The van der Waals surface area contributed by atoms with Crippen molar-refractivity contribution in [1.29, 1.82) is 0 Å². The zero-order valence-electron chi connectivity index (χ0n) is 17.4. The lowest BCUT2D eigenvalue weighted by atomic mass is 9.86. The molecule has 3 aliphatic heterocycles. The predicted molar refractivity (Wildman–Crippen MR) is 122 cm³/mol. The largest absolute Gasteiger partial charge is 0.497 e. The van der Waals surface area contributed by atoms with Crippen molar-refractivity contribution in [3.8, 4) is 5.75 Å². The Morgan fingerprint density at radius 3 is 2.69 bits per heavy atom. The second kappa shape index (κ2) is 7.64. The van der Waals surface area contributed by atoms with Gasteiger partial charge in [-0.05, 0) is 35.9 Å². The van der Waals surface area contributed by atoms with Crippen LogP contribution < -0.4 is 9.64 Å². The Labute approximate surface area is 190 Å². The van der Waals surface area contributed by atoms with E-state index < -0.39 is 23.9 Å². The smallest absolute Gasteiger partial charge is 0.236 e. The molecule has 162 valence electrons. The average molecular weight is 449 g/mol. The molecule has 5 rings (SSSR count). The molecule has 0 aromatic heterocycles. The molecule has 3 heterocycles. The van der Waals surface area contributed by atoms with Gasteiger partial charge in [-0.1, -0.05) is 42.0 Å². The first kappa shape index (κ1) is 20.5. The fourth-order valence-corrected chi connectivity index (χ4v) is 5.34. The quantitative estimate of drug-likeness (QED) is 0.397. The molecule has 4 atom stereocenters. The first-order valence-corrected chi connectivity index (χ1v) is 10.7. The number of anilines is 1. The molecule has 2 fully saturated rings. The minimum absolute atomic E-state index is 0.132. The average Bonchev–Trinajstić information content (AvgIpc) is 3.27. The summed E-state index contributed by atoms with van der Waals surface area (Å²) in [7, 11) is 1.53. The highest BCUT2D eigenvalue weighted by Crippen LogP contribution is 2.49. The number of nitrogens with zero attached hydrogens (tertiary/aromatic N) is 2. The van der Waals surface area contributed by atoms with Crippen molar-refractivity contribution in [2.75, 3.05) is 18.6 Å². The maximum atomic E-state index is 13.9. The summed E-state index contributed by atoms with van der Waals surface area (Å²) in [5.41, 5.74) is 2.06. The van der Waals surface area contributed by atoms with Gasteiger partial charge in [0.1, 0.15) is 11.8 Å². The number of imide groups is 1. The van der Waals surface area contributed by atoms with Gasteiger partial charge in [-0.3, -0.25) is 19.3 Å². The van der Waals surface area contributed by atoms with Gasteiger partial charge >= 0.3 is 0 Å². The number of carbonyl (C=O) groups excluding carboxylic acids is 3. The van der Waals surface area contributed by atoms with Gasteiger partial charge < -0.3 is 9.64 Å². The van der Waals surface area contributed by atoms with E-state index in [-0.39, 0.29) is 24.1 Å². The Morgan fingerprint density at radius 2 is 1.94 bits per heavy atom. The van der Waals surface area contributed by atoms with Crippen molar-refractivity contribution in [2.45, 2.75) is 12.1 Å². The summed E-state index contributed by atoms with van der Waals surface area (Å²) < 4.78 is 5.29. The molecular weight excluding hydrogens is 428 g/mol. The van der Waals surface area contributed by atoms with Crippen LogP contribution in [-0.4, -0.2) is 48.2 Å². The van der Waals surface area contributed by atoms with E-state index in [2.05, 4.69) is 6.58 Å². The molecule has 2 saturated heterocycles. The number of carbonyl (C=O) groups is 3. The number of benzene rings is 2. The van der Waals surface area contributed by atoms with E-state index in [0.717, 1.165) is 11.3 Å². The number of rotatable bonds is 5. The summed E-state index contributed by atoms with van der Waals surface area (Å²) in [6.45, 7) is 3.80. The Balaban J connectivity index is 1.66. The Morgan fingerprint density at radius 1 is 1.16 bits per heavy atom. The molecule has 0 saturated carbocycles. The molecule has 0 aliphatic carbocycles. The van der Waals surface area contributed by atoms with Crippen LogP contribution in [0.4, 0.5) is 5.69 Å². The zero-order chi connectivity index (χ0) is 22.6. The summed E-state index contributed by atoms with van der Waals surface area (Å²) in [5.74, 6) is -1.69. The molecule has 6 nitrogen and oxygen atoms in total. The van der Waals surface area contributed by atoms with E-state index in [9.17, 15) is 14.4 Å². The molecule has 32 heavy (non-hydrogen) atoms. The van der Waals surface area contributed by atoms with Gasteiger partial charge in [-0.15, -0.1) is 6.58 Å². The van der Waals surface area contributed by atoms with Crippen molar-refractivity contribution in [3.05, 3.63) is 77.3 Å². The zero-order valence-corrected chi connectivity index (χ0v) is 18.2. The van der Waals surface area contributed by atoms with Gasteiger partial charge in [0.05, 0.1) is 25.0 Å². The van der Waals surface area contributed by atoms with Crippen molar-refractivity contribution in [3.63, 3.8) is 0 Å². The van der Waals surface area contributed by atoms with Crippen LogP contribution in [0.2, 0.25) is 5.02 Å². The topological polar surface area (TPSA) is 66.9 Å². The summed E-state index contributed by atoms with van der Waals surface area (Å²) in [6.07, 6.45) is 5.34. The first-order valence-electron chi connectivity index (χ1n) is 10.4. The van der Waals surface area contributed by atoms with Crippen molar-refractivity contribution in [1.82, 2.24) is 4.90 Å². The van der Waals surface area contributed by atoms with E-state index in [0.29, 0.717) is 16.3 Å². The monoisotopic (exact) mass is 448 g/mol. The standard InChI is InChI=1S/C25H21ClN2O4/c1-3-11-27-24(30)20-19-9-7-14-12-16(26)8-10-18(14)28(19)22(21(20)25(27)31)23(29)15-5-4-6-17(13-15)32-2/h3-10,12-13,19-22H,1,11H2,2H3/t19-,20-,21-,22+/m1/s1. The van der Waals surface area contributed by atoms with Crippen LogP contribution in [0.15, 0.2) is 61.2 Å². The number of ketones is 1. The summed E-state index contributed by atoms with van der Waals surface area (Å²) in [6, 6.07) is 11.1. The number of halogens is 1. The third-order valence-corrected chi connectivity index (χ3v) is 6.73. The van der Waals surface area contributed by atoms with Gasteiger partial charge in [0.2, 0.25) is 11.8 Å². The number of ether oxygens (including phenoxy) is 1. The fraction of sp³-hybridized carbons (Fsp3) is 0.240. The summed E-state index contributed by atoms with van der Waals surface area (Å²) in [4.78, 5) is 43.6. The molecular formula is C25H21ClN2O4. The third-order valence-electron chi connectivity index (χ3n) is 6.49. The SMILES string of the molecule is C=CCN1C(=O)[C@@H]2[C@H](C1=O)[C@H]1C=Cc3cc(Cl)ccc3N1[C@@H]2C(=O)c1cccc(OC)c1. The van der Waals surface area contributed by atoms with Crippen LogP contribution in [-0.2, 0) is 9.59 Å². The highest BCUT2D eigenvalue weighted by molar-refractivity contribution is 6.30. The van der Waals surface area contributed by atoms with E-state index in [4.69, 9.17) is 16.3 Å². The Kier molecular flexibility index (Phi) is 4.90. The lowest BCUT2D eigenvalue weighted by Gasteiger charge is -2.36. The molecule has 0 unspecified atom stereocenters. The lowest BCUT2D eigenvalue weighted by Crippen LogP contribution is -2.48. The molecule has 3 aliphatic rings. The number of Topliss-reactive ketones (excluding diaryl/α,β-unsaturated/α-hetero) is 1. The van der Waals surface area contributed by atoms with Crippen LogP contribution >= 0.6 is 11.6 Å². The molecule has 2 aromatic carbocycles. The van der Waals surface area contributed by atoms with Crippen LogP contribution in [0.25, 0.3) is 6.08 Å². The predicted octanol–water partition coefficient (Wildman–Crippen LogP) is 3.60. The van der Waals surface area contributed by atoms with Crippen LogP contribution in [0.1, 0.15) is 15.9 Å². The molecule has 7 heteroatoms. The minimum atomic E-state index is -0.826. The number of hydrogen-bond acceptors (Lipinski definition) is 5. The highest BCUT2D eigenvalue weighted by Gasteiger charge is 2.63. The Bertz CT molecular complexity index is 1190. The van der Waals surface area contributed by atoms with Crippen LogP contribution in [0.3, 0.4) is 0 Å². The summed E-state index contributed by atoms with van der Waals surface area (Å²) in [5, 5.41) is 0.575. The molecule has 0 spiro atoms. The van der Waals surface area contributed by atoms with E-state index in [1.165, 1.54) is 18.1 Å². The third kappa shape index (κ3) is 2.90. The van der Waals surface area contributed by atoms with Crippen LogP contribution in [0.5, 0.6) is 5.75 Å². The molecule has 0 radical (unpaired) electrons. The van der Waals surface area contributed by atoms with Crippen molar-refractivity contribution in [2.24, 2.45) is 11.8 Å². The van der Waals surface area contributed by atoms with E-state index >= 15 is 0 Å².